The topological polar surface area (TPSA) is 50.7 Å². The number of halogens is 2. The summed E-state index contributed by atoms with van der Waals surface area (Å²) in [4.78, 5) is 19.6. The predicted octanol–water partition coefficient (Wildman–Crippen LogP) is 5.79. The molecular formula is C21H17F2N3OS. The van der Waals surface area contributed by atoms with Crippen molar-refractivity contribution in [3.8, 4) is 11.3 Å². The van der Waals surface area contributed by atoms with E-state index in [-0.39, 0.29) is 27.4 Å². The first-order valence-corrected chi connectivity index (χ1v) is 9.25. The van der Waals surface area contributed by atoms with Crippen LogP contribution in [0, 0.1) is 4.77 Å². The van der Waals surface area contributed by atoms with Gasteiger partial charge in [-0.15, -0.1) is 0 Å². The van der Waals surface area contributed by atoms with E-state index in [2.05, 4.69) is 9.97 Å². The lowest BCUT2D eigenvalue weighted by molar-refractivity contribution is 0.153. The molecule has 0 aliphatic carbocycles. The largest absolute Gasteiger partial charge is 0.300 e. The average molecular weight is 397 g/mol. The molecule has 1 N–H and O–H groups in total. The Morgan fingerprint density at radius 1 is 1.11 bits per heavy atom. The second-order valence-corrected chi connectivity index (χ2v) is 7.23. The quantitative estimate of drug-likeness (QED) is 0.445. The minimum absolute atomic E-state index is 0.124. The number of nitrogens with zero attached hydrogens (tertiary/aromatic N) is 2. The van der Waals surface area contributed by atoms with E-state index in [9.17, 15) is 13.6 Å². The molecule has 0 bridgehead atoms. The lowest BCUT2D eigenvalue weighted by Crippen LogP contribution is -2.19. The number of pyridine rings is 1. The molecule has 7 heteroatoms. The van der Waals surface area contributed by atoms with E-state index < -0.39 is 12.0 Å². The normalized spacial score (nSPS) is 11.8. The molecule has 0 aliphatic heterocycles. The van der Waals surface area contributed by atoms with Gasteiger partial charge in [0, 0.05) is 17.2 Å². The number of benzene rings is 2. The van der Waals surface area contributed by atoms with Gasteiger partial charge in [-0.25, -0.2) is 13.8 Å². The highest BCUT2D eigenvalue weighted by atomic mass is 32.1. The Hall–Kier alpha value is -2.93. The second-order valence-electron chi connectivity index (χ2n) is 6.85. The number of alkyl halides is 2. The molecule has 142 valence electrons. The summed E-state index contributed by atoms with van der Waals surface area (Å²) in [6, 6.07) is 14.5. The molecule has 0 radical (unpaired) electrons. The average Bonchev–Trinajstić information content (AvgIpc) is 2.66. The number of aromatic nitrogens is 3. The molecule has 0 aliphatic rings. The first kappa shape index (κ1) is 18.4. The summed E-state index contributed by atoms with van der Waals surface area (Å²) in [6.45, 7) is 3.73. The van der Waals surface area contributed by atoms with Crippen LogP contribution in [0.3, 0.4) is 0 Å². The van der Waals surface area contributed by atoms with E-state index in [0.717, 1.165) is 16.3 Å². The van der Waals surface area contributed by atoms with E-state index in [4.69, 9.17) is 12.2 Å². The van der Waals surface area contributed by atoms with Crippen molar-refractivity contribution in [1.82, 2.24) is 14.5 Å². The standard InChI is InChI=1S/C21H17F2N3OS/c1-11(2)26-19-17(20(27)25-21(26)28)15(18(22)23)10-16(24-19)14-9-5-7-12-6-3-4-8-13(12)14/h3-11,18H,1-2H3,(H,25,27,28). The number of nitrogens with one attached hydrogen (secondary N) is 1. The third kappa shape index (κ3) is 2.92. The van der Waals surface area contributed by atoms with Crippen LogP contribution in [0.5, 0.6) is 0 Å². The Morgan fingerprint density at radius 3 is 2.54 bits per heavy atom. The number of aromatic amines is 1. The Morgan fingerprint density at radius 2 is 1.82 bits per heavy atom. The summed E-state index contributed by atoms with van der Waals surface area (Å²) in [5, 5.41) is 1.75. The molecule has 0 spiro atoms. The van der Waals surface area contributed by atoms with Gasteiger partial charge in [-0.1, -0.05) is 42.5 Å². The van der Waals surface area contributed by atoms with Gasteiger partial charge in [0.2, 0.25) is 0 Å². The molecule has 0 saturated carbocycles. The van der Waals surface area contributed by atoms with Crippen molar-refractivity contribution < 1.29 is 8.78 Å². The Labute approximate surface area is 164 Å². The van der Waals surface area contributed by atoms with Crippen molar-refractivity contribution in [2.75, 3.05) is 0 Å². The molecule has 0 amide bonds. The lowest BCUT2D eigenvalue weighted by Gasteiger charge is -2.17. The maximum Gasteiger partial charge on any atom is 0.264 e. The fourth-order valence-corrected chi connectivity index (χ4v) is 3.90. The summed E-state index contributed by atoms with van der Waals surface area (Å²) in [6.07, 6.45) is -2.82. The molecule has 28 heavy (non-hydrogen) atoms. The van der Waals surface area contributed by atoms with Gasteiger partial charge in [-0.2, -0.15) is 0 Å². The van der Waals surface area contributed by atoms with Gasteiger partial charge in [0.05, 0.1) is 11.1 Å². The minimum atomic E-state index is -2.82. The Kier molecular flexibility index (Phi) is 4.55. The number of fused-ring (bicyclic) bond motifs is 2. The predicted molar refractivity (Wildman–Crippen MR) is 109 cm³/mol. The molecule has 0 atom stereocenters. The van der Waals surface area contributed by atoms with Crippen molar-refractivity contribution in [1.29, 1.82) is 0 Å². The maximum atomic E-state index is 13.9. The van der Waals surface area contributed by atoms with Crippen molar-refractivity contribution >= 4 is 34.0 Å². The van der Waals surface area contributed by atoms with Crippen molar-refractivity contribution in [2.45, 2.75) is 26.3 Å². The zero-order valence-corrected chi connectivity index (χ0v) is 16.1. The number of H-pyrrole nitrogens is 1. The van der Waals surface area contributed by atoms with E-state index in [1.165, 1.54) is 6.07 Å². The molecular weight excluding hydrogens is 380 g/mol. The molecule has 2 heterocycles. The number of hydrogen-bond acceptors (Lipinski definition) is 3. The van der Waals surface area contributed by atoms with Gasteiger partial charge in [0.1, 0.15) is 5.65 Å². The fourth-order valence-electron chi connectivity index (χ4n) is 3.51. The van der Waals surface area contributed by atoms with Crippen LogP contribution < -0.4 is 5.56 Å². The third-order valence-electron chi connectivity index (χ3n) is 4.74. The summed E-state index contributed by atoms with van der Waals surface area (Å²) >= 11 is 5.27. The van der Waals surface area contributed by atoms with Crippen LogP contribution in [-0.4, -0.2) is 14.5 Å². The molecule has 4 rings (SSSR count). The molecule has 4 aromatic rings. The molecule has 0 fully saturated rings. The third-order valence-corrected chi connectivity index (χ3v) is 5.04. The van der Waals surface area contributed by atoms with E-state index in [1.54, 1.807) is 4.57 Å². The van der Waals surface area contributed by atoms with Gasteiger partial charge in [-0.05, 0) is 42.9 Å². The molecule has 4 nitrogen and oxygen atoms in total. The van der Waals surface area contributed by atoms with E-state index >= 15 is 0 Å². The number of hydrogen-bond donors (Lipinski definition) is 1. The SMILES string of the molecule is CC(C)n1c(=S)[nH]c(=O)c2c(C(F)F)cc(-c3cccc4ccccc34)nc21. The zero-order chi connectivity index (χ0) is 20.0. The van der Waals surface area contributed by atoms with Crippen LogP contribution in [0.4, 0.5) is 8.78 Å². The smallest absolute Gasteiger partial charge is 0.264 e. The van der Waals surface area contributed by atoms with Gasteiger partial charge in [-0.3, -0.25) is 14.3 Å². The van der Waals surface area contributed by atoms with Crippen LogP contribution >= 0.6 is 12.2 Å². The fraction of sp³-hybridized carbons (Fsp3) is 0.190. The van der Waals surface area contributed by atoms with Gasteiger partial charge >= 0.3 is 0 Å². The van der Waals surface area contributed by atoms with Crippen molar-refractivity contribution in [2.24, 2.45) is 0 Å². The molecule has 0 saturated heterocycles. The molecule has 2 aromatic carbocycles. The maximum absolute atomic E-state index is 13.9. The molecule has 2 aromatic heterocycles. The van der Waals surface area contributed by atoms with Crippen LogP contribution in [0.25, 0.3) is 33.1 Å². The van der Waals surface area contributed by atoms with Gasteiger partial charge in [0.15, 0.2) is 4.77 Å². The summed E-state index contributed by atoms with van der Waals surface area (Å²) < 4.78 is 29.6. The van der Waals surface area contributed by atoms with Gasteiger partial charge < -0.3 is 0 Å². The van der Waals surface area contributed by atoms with Crippen molar-refractivity contribution in [3.63, 3.8) is 0 Å². The highest BCUT2D eigenvalue weighted by Crippen LogP contribution is 2.33. The first-order valence-electron chi connectivity index (χ1n) is 8.84. The summed E-state index contributed by atoms with van der Waals surface area (Å²) in [5.41, 5.74) is 0.282. The lowest BCUT2D eigenvalue weighted by atomic mass is 10.00. The number of rotatable bonds is 3. The van der Waals surface area contributed by atoms with E-state index in [1.807, 2.05) is 56.3 Å². The zero-order valence-electron chi connectivity index (χ0n) is 15.2. The second kappa shape index (κ2) is 6.91. The van der Waals surface area contributed by atoms with Gasteiger partial charge in [0.25, 0.3) is 12.0 Å². The van der Waals surface area contributed by atoms with Crippen LogP contribution in [0.2, 0.25) is 0 Å². The van der Waals surface area contributed by atoms with Crippen molar-refractivity contribution in [3.05, 3.63) is 69.2 Å². The monoisotopic (exact) mass is 397 g/mol. The van der Waals surface area contributed by atoms with E-state index in [0.29, 0.717) is 5.69 Å². The summed E-state index contributed by atoms with van der Waals surface area (Å²) in [5.74, 6) is 0. The Bertz CT molecular complexity index is 1320. The molecule has 0 unspecified atom stereocenters. The first-order chi connectivity index (χ1) is 13.4. The Balaban J connectivity index is 2.18. The van der Waals surface area contributed by atoms with Crippen LogP contribution in [-0.2, 0) is 0 Å². The highest BCUT2D eigenvalue weighted by Gasteiger charge is 2.21. The van der Waals surface area contributed by atoms with Crippen LogP contribution in [0.15, 0.2) is 53.3 Å². The highest BCUT2D eigenvalue weighted by molar-refractivity contribution is 7.71. The summed E-state index contributed by atoms with van der Waals surface area (Å²) in [7, 11) is 0. The van der Waals surface area contributed by atoms with Crippen LogP contribution in [0.1, 0.15) is 31.9 Å². The minimum Gasteiger partial charge on any atom is -0.300 e.